The first kappa shape index (κ1) is 16.3. The van der Waals surface area contributed by atoms with E-state index in [1.807, 2.05) is 40.6 Å². The zero-order chi connectivity index (χ0) is 17.2. The van der Waals surface area contributed by atoms with Crippen LogP contribution in [-0.2, 0) is 24.2 Å². The molecule has 0 radical (unpaired) electrons. The summed E-state index contributed by atoms with van der Waals surface area (Å²) in [6, 6.07) is 16.0. The summed E-state index contributed by atoms with van der Waals surface area (Å²) in [6.07, 6.45) is 1.28. The number of hydrogen-bond acceptors (Lipinski definition) is 3. The van der Waals surface area contributed by atoms with Gasteiger partial charge in [-0.25, -0.2) is 4.98 Å². The Bertz CT molecular complexity index is 904. The number of hydrogen-bond donors (Lipinski definition) is 0. The highest BCUT2D eigenvalue weighted by molar-refractivity contribution is 7.13. The van der Waals surface area contributed by atoms with Crippen LogP contribution in [0.4, 0.5) is 0 Å². The fraction of sp³-hybridized carbons (Fsp3) is 0.200. The van der Waals surface area contributed by atoms with Crippen LogP contribution in [-0.4, -0.2) is 22.3 Å². The average Bonchev–Trinajstić information content (AvgIpc) is 3.10. The Balaban J connectivity index is 1.44. The van der Waals surface area contributed by atoms with Crippen LogP contribution >= 0.6 is 22.9 Å². The number of carbonyl (C=O) groups is 1. The van der Waals surface area contributed by atoms with Crippen LogP contribution in [0.2, 0.25) is 5.02 Å². The first-order chi connectivity index (χ1) is 12.2. The largest absolute Gasteiger partial charge is 0.338 e. The molecule has 3 aromatic rings. The fourth-order valence-electron chi connectivity index (χ4n) is 3.09. The topological polar surface area (TPSA) is 33.2 Å². The predicted molar refractivity (Wildman–Crippen MR) is 102 cm³/mol. The Labute approximate surface area is 155 Å². The standard InChI is InChI=1S/C20H17ClN2OS/c21-17-7-5-15(6-8-17)20-22-18(13-25-20)11-19(24)23-10-9-14-3-1-2-4-16(14)12-23/h1-8,13H,9-12H2. The molecular formula is C20H17ClN2OS. The number of rotatable bonds is 3. The van der Waals surface area contributed by atoms with Crippen molar-refractivity contribution in [2.45, 2.75) is 19.4 Å². The van der Waals surface area contributed by atoms with Crippen LogP contribution in [0.25, 0.3) is 10.6 Å². The third-order valence-corrected chi connectivity index (χ3v) is 5.65. The van der Waals surface area contributed by atoms with E-state index < -0.39 is 0 Å². The molecule has 1 aliphatic rings. The number of nitrogens with zero attached hydrogens (tertiary/aromatic N) is 2. The van der Waals surface area contributed by atoms with Gasteiger partial charge in [0.25, 0.3) is 0 Å². The summed E-state index contributed by atoms with van der Waals surface area (Å²) in [4.78, 5) is 19.2. The molecule has 25 heavy (non-hydrogen) atoms. The first-order valence-corrected chi connectivity index (χ1v) is 9.50. The monoisotopic (exact) mass is 368 g/mol. The molecule has 0 N–H and O–H groups in total. The summed E-state index contributed by atoms with van der Waals surface area (Å²) in [6.45, 7) is 1.48. The molecule has 0 saturated heterocycles. The van der Waals surface area contributed by atoms with Gasteiger partial charge < -0.3 is 4.90 Å². The van der Waals surface area contributed by atoms with Crippen molar-refractivity contribution >= 4 is 28.8 Å². The van der Waals surface area contributed by atoms with E-state index in [2.05, 4.69) is 23.2 Å². The minimum Gasteiger partial charge on any atom is -0.338 e. The van der Waals surface area contributed by atoms with Gasteiger partial charge in [0, 0.05) is 29.1 Å². The van der Waals surface area contributed by atoms with Crippen molar-refractivity contribution in [1.82, 2.24) is 9.88 Å². The van der Waals surface area contributed by atoms with Gasteiger partial charge in [0.2, 0.25) is 5.91 Å². The number of fused-ring (bicyclic) bond motifs is 1. The molecule has 1 amide bonds. The quantitative estimate of drug-likeness (QED) is 0.677. The van der Waals surface area contributed by atoms with Gasteiger partial charge in [0.05, 0.1) is 12.1 Å². The lowest BCUT2D eigenvalue weighted by atomic mass is 10.00. The molecule has 126 valence electrons. The van der Waals surface area contributed by atoms with Gasteiger partial charge in [-0.3, -0.25) is 4.79 Å². The Morgan fingerprint density at radius 2 is 1.88 bits per heavy atom. The van der Waals surface area contributed by atoms with E-state index in [0.717, 1.165) is 29.2 Å². The summed E-state index contributed by atoms with van der Waals surface area (Å²) >= 11 is 7.49. The van der Waals surface area contributed by atoms with Gasteiger partial charge >= 0.3 is 0 Å². The van der Waals surface area contributed by atoms with Gasteiger partial charge in [-0.2, -0.15) is 0 Å². The lowest BCUT2D eigenvalue weighted by Crippen LogP contribution is -2.36. The summed E-state index contributed by atoms with van der Waals surface area (Å²) in [7, 11) is 0. The zero-order valence-corrected chi connectivity index (χ0v) is 15.2. The Hall–Kier alpha value is -2.17. The molecule has 0 bridgehead atoms. The highest BCUT2D eigenvalue weighted by Crippen LogP contribution is 2.26. The molecular weight excluding hydrogens is 352 g/mol. The molecule has 0 unspecified atom stereocenters. The summed E-state index contributed by atoms with van der Waals surface area (Å²) in [5.74, 6) is 0.141. The number of thiazole rings is 1. The van der Waals surface area contributed by atoms with Crippen molar-refractivity contribution in [2.24, 2.45) is 0 Å². The van der Waals surface area contributed by atoms with Crippen LogP contribution in [0.3, 0.4) is 0 Å². The summed E-state index contributed by atoms with van der Waals surface area (Å²) < 4.78 is 0. The second kappa shape index (κ2) is 6.98. The fourth-order valence-corrected chi connectivity index (χ4v) is 4.04. The van der Waals surface area contributed by atoms with E-state index in [1.165, 1.54) is 11.1 Å². The summed E-state index contributed by atoms with van der Waals surface area (Å²) in [5, 5.41) is 3.60. The lowest BCUT2D eigenvalue weighted by molar-refractivity contribution is -0.131. The van der Waals surface area contributed by atoms with Crippen molar-refractivity contribution in [3.8, 4) is 10.6 Å². The zero-order valence-electron chi connectivity index (χ0n) is 13.6. The van der Waals surface area contributed by atoms with Crippen molar-refractivity contribution in [3.05, 3.63) is 75.8 Å². The number of halogens is 1. The van der Waals surface area contributed by atoms with Crippen LogP contribution in [0.15, 0.2) is 53.9 Å². The Morgan fingerprint density at radius 1 is 1.12 bits per heavy atom. The molecule has 0 saturated carbocycles. The van der Waals surface area contributed by atoms with E-state index in [-0.39, 0.29) is 5.91 Å². The normalized spacial score (nSPS) is 13.6. The smallest absolute Gasteiger partial charge is 0.228 e. The molecule has 0 aliphatic carbocycles. The molecule has 0 spiro atoms. The molecule has 1 aliphatic heterocycles. The van der Waals surface area contributed by atoms with Gasteiger partial charge in [-0.1, -0.05) is 48.0 Å². The highest BCUT2D eigenvalue weighted by Gasteiger charge is 2.21. The van der Waals surface area contributed by atoms with Crippen molar-refractivity contribution in [2.75, 3.05) is 6.54 Å². The minimum atomic E-state index is 0.141. The molecule has 3 nitrogen and oxygen atoms in total. The third-order valence-electron chi connectivity index (χ3n) is 4.46. The lowest BCUT2D eigenvalue weighted by Gasteiger charge is -2.28. The number of carbonyl (C=O) groups excluding carboxylic acids is 1. The van der Waals surface area contributed by atoms with Crippen LogP contribution in [0.5, 0.6) is 0 Å². The third kappa shape index (κ3) is 3.60. The molecule has 1 aromatic heterocycles. The number of amides is 1. The van der Waals surface area contributed by atoms with Crippen LogP contribution < -0.4 is 0 Å². The van der Waals surface area contributed by atoms with Gasteiger partial charge in [0.15, 0.2) is 0 Å². The number of aromatic nitrogens is 1. The van der Waals surface area contributed by atoms with Gasteiger partial charge in [0.1, 0.15) is 5.01 Å². The second-order valence-electron chi connectivity index (χ2n) is 6.16. The van der Waals surface area contributed by atoms with E-state index >= 15 is 0 Å². The van der Waals surface area contributed by atoms with E-state index in [9.17, 15) is 4.79 Å². The molecule has 5 heteroatoms. The van der Waals surface area contributed by atoms with Crippen molar-refractivity contribution in [3.63, 3.8) is 0 Å². The first-order valence-electron chi connectivity index (χ1n) is 8.24. The average molecular weight is 369 g/mol. The van der Waals surface area contributed by atoms with Crippen molar-refractivity contribution < 1.29 is 4.79 Å². The molecule has 2 heterocycles. The minimum absolute atomic E-state index is 0.141. The highest BCUT2D eigenvalue weighted by atomic mass is 35.5. The predicted octanol–water partition coefficient (Wildman–Crippen LogP) is 4.59. The molecule has 0 atom stereocenters. The van der Waals surface area contributed by atoms with Gasteiger partial charge in [-0.05, 0) is 29.7 Å². The Morgan fingerprint density at radius 3 is 2.68 bits per heavy atom. The van der Waals surface area contributed by atoms with E-state index in [4.69, 9.17) is 11.6 Å². The molecule has 2 aromatic carbocycles. The van der Waals surface area contributed by atoms with Gasteiger partial charge in [-0.15, -0.1) is 11.3 Å². The SMILES string of the molecule is O=C(Cc1csc(-c2ccc(Cl)cc2)n1)N1CCc2ccccc2C1. The van der Waals surface area contributed by atoms with Crippen molar-refractivity contribution in [1.29, 1.82) is 0 Å². The Kier molecular flexibility index (Phi) is 4.55. The molecule has 4 rings (SSSR count). The van der Waals surface area contributed by atoms with Crippen LogP contribution in [0.1, 0.15) is 16.8 Å². The maximum atomic E-state index is 12.6. The summed E-state index contributed by atoms with van der Waals surface area (Å²) in [5.41, 5.74) is 4.46. The molecule has 0 fully saturated rings. The van der Waals surface area contributed by atoms with E-state index in [0.29, 0.717) is 18.0 Å². The van der Waals surface area contributed by atoms with Crippen LogP contribution in [0, 0.1) is 0 Å². The number of benzene rings is 2. The maximum Gasteiger partial charge on any atom is 0.228 e. The van der Waals surface area contributed by atoms with E-state index in [1.54, 1.807) is 11.3 Å². The maximum absolute atomic E-state index is 12.6. The second-order valence-corrected chi connectivity index (χ2v) is 7.46.